The van der Waals surface area contributed by atoms with Gasteiger partial charge < -0.3 is 15.2 Å². The third-order valence-corrected chi connectivity index (χ3v) is 3.94. The van der Waals surface area contributed by atoms with Gasteiger partial charge in [0.1, 0.15) is 0 Å². The summed E-state index contributed by atoms with van der Waals surface area (Å²) in [4.78, 5) is 0. The van der Waals surface area contributed by atoms with Crippen LogP contribution in [0, 0.1) is 11.8 Å². The van der Waals surface area contributed by atoms with Crippen molar-refractivity contribution in [2.24, 2.45) is 11.8 Å². The van der Waals surface area contributed by atoms with Crippen LogP contribution in [-0.2, 0) is 4.74 Å². The van der Waals surface area contributed by atoms with E-state index in [0.717, 1.165) is 11.8 Å². The zero-order chi connectivity index (χ0) is 10.1. The molecule has 0 bridgehead atoms. The van der Waals surface area contributed by atoms with E-state index in [9.17, 15) is 5.11 Å². The number of rotatable bonds is 2. The molecule has 82 valence electrons. The smallest absolute Gasteiger partial charge is 0.0948 e. The fraction of sp³-hybridized carbons (Fsp3) is 1.00. The standard InChI is InChI=1S/C11H21NO2/c1-7-3-4-9(8(7)2)12-10-5-14-6-11(10)13/h7-13H,3-6H2,1-2H3. The van der Waals surface area contributed by atoms with Gasteiger partial charge in [-0.2, -0.15) is 0 Å². The Bertz CT molecular complexity index is 198. The van der Waals surface area contributed by atoms with E-state index in [4.69, 9.17) is 4.74 Å². The van der Waals surface area contributed by atoms with Crippen LogP contribution in [0.5, 0.6) is 0 Å². The predicted molar refractivity (Wildman–Crippen MR) is 55.1 cm³/mol. The molecule has 1 saturated heterocycles. The summed E-state index contributed by atoms with van der Waals surface area (Å²) in [6, 6.07) is 0.735. The molecule has 1 aliphatic carbocycles. The molecule has 14 heavy (non-hydrogen) atoms. The lowest BCUT2D eigenvalue weighted by atomic mass is 9.97. The van der Waals surface area contributed by atoms with Crippen LogP contribution in [0.2, 0.25) is 0 Å². The lowest BCUT2D eigenvalue weighted by Crippen LogP contribution is -2.46. The number of aliphatic hydroxyl groups excluding tert-OH is 1. The Morgan fingerprint density at radius 3 is 2.43 bits per heavy atom. The summed E-state index contributed by atoms with van der Waals surface area (Å²) in [5, 5.41) is 13.1. The van der Waals surface area contributed by atoms with Crippen molar-refractivity contribution in [1.29, 1.82) is 0 Å². The van der Waals surface area contributed by atoms with E-state index < -0.39 is 0 Å². The second-order valence-electron chi connectivity index (χ2n) is 4.90. The van der Waals surface area contributed by atoms with Crippen molar-refractivity contribution in [3.05, 3.63) is 0 Å². The van der Waals surface area contributed by atoms with Crippen molar-refractivity contribution in [3.8, 4) is 0 Å². The van der Waals surface area contributed by atoms with Gasteiger partial charge in [-0.1, -0.05) is 13.8 Å². The molecule has 1 aliphatic heterocycles. The first-order chi connectivity index (χ1) is 6.68. The van der Waals surface area contributed by atoms with Gasteiger partial charge in [-0.15, -0.1) is 0 Å². The SMILES string of the molecule is CC1CCC(NC2COCC2O)C1C. The number of ether oxygens (including phenoxy) is 1. The Morgan fingerprint density at radius 1 is 1.14 bits per heavy atom. The molecule has 3 heteroatoms. The van der Waals surface area contributed by atoms with Gasteiger partial charge in [0.2, 0.25) is 0 Å². The van der Waals surface area contributed by atoms with E-state index >= 15 is 0 Å². The number of nitrogens with one attached hydrogen (secondary N) is 1. The van der Waals surface area contributed by atoms with Crippen LogP contribution < -0.4 is 5.32 Å². The van der Waals surface area contributed by atoms with Crippen LogP contribution in [0.4, 0.5) is 0 Å². The Balaban J connectivity index is 1.85. The molecule has 2 fully saturated rings. The maximum atomic E-state index is 9.61. The highest BCUT2D eigenvalue weighted by atomic mass is 16.5. The van der Waals surface area contributed by atoms with Crippen molar-refractivity contribution >= 4 is 0 Å². The summed E-state index contributed by atoms with van der Waals surface area (Å²) < 4.78 is 5.23. The van der Waals surface area contributed by atoms with Gasteiger partial charge in [0, 0.05) is 6.04 Å². The summed E-state index contributed by atoms with van der Waals surface area (Å²) >= 11 is 0. The summed E-state index contributed by atoms with van der Waals surface area (Å²) in [5.41, 5.74) is 0. The average molecular weight is 199 g/mol. The van der Waals surface area contributed by atoms with E-state index in [1.807, 2.05) is 0 Å². The van der Waals surface area contributed by atoms with E-state index in [2.05, 4.69) is 19.2 Å². The number of hydrogen-bond acceptors (Lipinski definition) is 3. The second kappa shape index (κ2) is 4.17. The van der Waals surface area contributed by atoms with Gasteiger partial charge in [0.15, 0.2) is 0 Å². The Kier molecular flexibility index (Phi) is 3.10. The van der Waals surface area contributed by atoms with Gasteiger partial charge in [-0.3, -0.25) is 0 Å². The molecule has 3 nitrogen and oxygen atoms in total. The molecule has 1 saturated carbocycles. The van der Waals surface area contributed by atoms with Crippen LogP contribution >= 0.6 is 0 Å². The molecule has 2 aliphatic rings. The summed E-state index contributed by atoms with van der Waals surface area (Å²) in [6.07, 6.45) is 2.24. The fourth-order valence-corrected chi connectivity index (χ4v) is 2.58. The van der Waals surface area contributed by atoms with E-state index in [1.165, 1.54) is 12.8 Å². The van der Waals surface area contributed by atoms with E-state index in [0.29, 0.717) is 19.3 Å². The second-order valence-corrected chi connectivity index (χ2v) is 4.90. The van der Waals surface area contributed by atoms with Crippen molar-refractivity contribution < 1.29 is 9.84 Å². The van der Waals surface area contributed by atoms with Crippen molar-refractivity contribution in [2.75, 3.05) is 13.2 Å². The van der Waals surface area contributed by atoms with Crippen LogP contribution in [0.1, 0.15) is 26.7 Å². The molecule has 0 aromatic heterocycles. The highest BCUT2D eigenvalue weighted by molar-refractivity contribution is 4.90. The van der Waals surface area contributed by atoms with Crippen molar-refractivity contribution in [2.45, 2.75) is 44.9 Å². The Morgan fingerprint density at radius 2 is 1.93 bits per heavy atom. The van der Waals surface area contributed by atoms with Crippen LogP contribution in [0.25, 0.3) is 0 Å². The maximum absolute atomic E-state index is 9.61. The largest absolute Gasteiger partial charge is 0.389 e. The monoisotopic (exact) mass is 199 g/mol. The van der Waals surface area contributed by atoms with Crippen LogP contribution in [0.3, 0.4) is 0 Å². The minimum Gasteiger partial charge on any atom is -0.389 e. The van der Waals surface area contributed by atoms with E-state index in [1.54, 1.807) is 0 Å². The Labute approximate surface area is 85.8 Å². The molecule has 0 spiro atoms. The lowest BCUT2D eigenvalue weighted by molar-refractivity contribution is 0.120. The molecule has 0 aromatic rings. The molecule has 0 radical (unpaired) electrons. The van der Waals surface area contributed by atoms with E-state index in [-0.39, 0.29) is 12.1 Å². The van der Waals surface area contributed by atoms with Crippen LogP contribution in [-0.4, -0.2) is 36.5 Å². The highest BCUT2D eigenvalue weighted by Gasteiger charge is 2.34. The molecule has 0 amide bonds. The molecule has 5 atom stereocenters. The zero-order valence-electron chi connectivity index (χ0n) is 9.07. The molecule has 5 unspecified atom stereocenters. The minimum atomic E-state index is -0.307. The summed E-state index contributed by atoms with van der Waals surface area (Å²) in [7, 11) is 0. The van der Waals surface area contributed by atoms with Crippen molar-refractivity contribution in [1.82, 2.24) is 5.32 Å². The molecular formula is C11H21NO2. The molecule has 1 heterocycles. The normalized spacial score (nSPS) is 48.6. The first-order valence-electron chi connectivity index (χ1n) is 5.70. The quantitative estimate of drug-likeness (QED) is 0.690. The van der Waals surface area contributed by atoms with Gasteiger partial charge in [0.05, 0.1) is 25.4 Å². The third-order valence-electron chi connectivity index (χ3n) is 3.94. The van der Waals surface area contributed by atoms with Gasteiger partial charge in [-0.25, -0.2) is 0 Å². The molecule has 2 N–H and O–H groups in total. The minimum absolute atomic E-state index is 0.160. The highest BCUT2D eigenvalue weighted by Crippen LogP contribution is 2.31. The first kappa shape index (κ1) is 10.4. The first-order valence-corrected chi connectivity index (χ1v) is 5.70. The maximum Gasteiger partial charge on any atom is 0.0948 e. The zero-order valence-corrected chi connectivity index (χ0v) is 9.07. The Hall–Kier alpha value is -0.120. The van der Waals surface area contributed by atoms with Gasteiger partial charge >= 0.3 is 0 Å². The fourth-order valence-electron chi connectivity index (χ4n) is 2.58. The number of aliphatic hydroxyl groups is 1. The summed E-state index contributed by atoms with van der Waals surface area (Å²) in [5.74, 6) is 1.54. The third kappa shape index (κ3) is 1.95. The molecular weight excluding hydrogens is 178 g/mol. The van der Waals surface area contributed by atoms with Gasteiger partial charge in [0.25, 0.3) is 0 Å². The van der Waals surface area contributed by atoms with Crippen LogP contribution in [0.15, 0.2) is 0 Å². The lowest BCUT2D eigenvalue weighted by Gasteiger charge is -2.24. The summed E-state index contributed by atoms with van der Waals surface area (Å²) in [6.45, 7) is 5.78. The molecule has 2 rings (SSSR count). The predicted octanol–water partition coefficient (Wildman–Crippen LogP) is 0.770. The topological polar surface area (TPSA) is 41.5 Å². The van der Waals surface area contributed by atoms with Gasteiger partial charge in [-0.05, 0) is 24.7 Å². The number of hydrogen-bond donors (Lipinski definition) is 2. The average Bonchev–Trinajstić information content (AvgIpc) is 2.68. The molecule has 0 aromatic carbocycles. The van der Waals surface area contributed by atoms with Crippen molar-refractivity contribution in [3.63, 3.8) is 0 Å².